The summed E-state index contributed by atoms with van der Waals surface area (Å²) in [6.45, 7) is 0. The van der Waals surface area contributed by atoms with E-state index in [1.165, 1.54) is 13.2 Å². The Bertz CT molecular complexity index is 867. The molecule has 116 valence electrons. The summed E-state index contributed by atoms with van der Waals surface area (Å²) in [5, 5.41) is 0. The molecule has 0 saturated heterocycles. The summed E-state index contributed by atoms with van der Waals surface area (Å²) in [5.41, 5.74) is 3.32. The van der Waals surface area contributed by atoms with E-state index in [1.807, 2.05) is 53.1 Å². The number of nitrogens with zero attached hydrogens (tertiary/aromatic N) is 2. The number of aromatic nitrogens is 2. The lowest BCUT2D eigenvalue weighted by atomic mass is 10.1. The molecule has 0 fully saturated rings. The smallest absolute Gasteiger partial charge is 0.330 e. The normalized spacial score (nSPS) is 11.0. The van der Waals surface area contributed by atoms with E-state index < -0.39 is 5.97 Å². The highest BCUT2D eigenvalue weighted by Gasteiger charge is 2.12. The van der Waals surface area contributed by atoms with Crippen LogP contribution < -0.4 is 4.74 Å². The Morgan fingerprint density at radius 1 is 1.13 bits per heavy atom. The molecule has 1 aromatic carbocycles. The number of pyridine rings is 1. The fourth-order valence-corrected chi connectivity index (χ4v) is 2.35. The van der Waals surface area contributed by atoms with Gasteiger partial charge in [0, 0.05) is 11.6 Å². The average Bonchev–Trinajstić information content (AvgIpc) is 2.98. The zero-order valence-electron chi connectivity index (χ0n) is 12.9. The number of carbonyl (C=O) groups is 1. The molecule has 3 aromatic rings. The van der Waals surface area contributed by atoms with Crippen LogP contribution in [0, 0.1) is 0 Å². The summed E-state index contributed by atoms with van der Waals surface area (Å²) in [7, 11) is 2.96. The number of methoxy groups -OCH3 is 2. The van der Waals surface area contributed by atoms with Crippen LogP contribution in [0.5, 0.6) is 5.75 Å². The summed E-state index contributed by atoms with van der Waals surface area (Å²) in [6.07, 6.45) is 4.93. The van der Waals surface area contributed by atoms with E-state index in [4.69, 9.17) is 4.74 Å². The van der Waals surface area contributed by atoms with Gasteiger partial charge in [0.1, 0.15) is 11.4 Å². The van der Waals surface area contributed by atoms with Crippen LogP contribution in [0.15, 0.2) is 54.7 Å². The maximum atomic E-state index is 11.5. The Morgan fingerprint density at radius 3 is 2.61 bits per heavy atom. The van der Waals surface area contributed by atoms with Gasteiger partial charge in [0.2, 0.25) is 0 Å². The molecule has 0 aliphatic carbocycles. The average molecular weight is 308 g/mol. The van der Waals surface area contributed by atoms with Gasteiger partial charge in [-0.2, -0.15) is 0 Å². The molecule has 0 spiro atoms. The minimum Gasteiger partial charge on any atom is -0.495 e. The SMILES string of the molecule is COC(=O)/C=C/c1c(-c2ccccc2)nc2ccc(OC)cn12. The second-order valence-electron chi connectivity index (χ2n) is 4.87. The standard InChI is InChI=1S/C18H16N2O3/c1-22-14-8-10-16-19-18(13-6-4-3-5-7-13)15(20(16)12-14)9-11-17(21)23-2/h3-12H,1-2H3/b11-9+. The van der Waals surface area contributed by atoms with Gasteiger partial charge >= 0.3 is 5.97 Å². The molecule has 3 rings (SSSR count). The van der Waals surface area contributed by atoms with Gasteiger partial charge in [-0.25, -0.2) is 9.78 Å². The largest absolute Gasteiger partial charge is 0.495 e. The molecule has 5 heteroatoms. The first-order valence-corrected chi connectivity index (χ1v) is 7.10. The van der Waals surface area contributed by atoms with Crippen LogP contribution in [0.3, 0.4) is 0 Å². The Balaban J connectivity index is 2.22. The van der Waals surface area contributed by atoms with Crippen molar-refractivity contribution in [2.24, 2.45) is 0 Å². The van der Waals surface area contributed by atoms with Gasteiger partial charge in [0.25, 0.3) is 0 Å². The van der Waals surface area contributed by atoms with Crippen LogP contribution in [-0.2, 0) is 9.53 Å². The Kier molecular flexibility index (Phi) is 4.10. The van der Waals surface area contributed by atoms with E-state index in [0.717, 1.165) is 22.6 Å². The van der Waals surface area contributed by atoms with Crippen LogP contribution in [0.4, 0.5) is 0 Å². The van der Waals surface area contributed by atoms with Crippen LogP contribution in [0.1, 0.15) is 5.69 Å². The number of fused-ring (bicyclic) bond motifs is 1. The van der Waals surface area contributed by atoms with Crippen molar-refractivity contribution in [2.75, 3.05) is 14.2 Å². The van der Waals surface area contributed by atoms with E-state index in [-0.39, 0.29) is 0 Å². The quantitative estimate of drug-likeness (QED) is 0.548. The lowest BCUT2D eigenvalue weighted by molar-refractivity contribution is -0.134. The summed E-state index contributed by atoms with van der Waals surface area (Å²) < 4.78 is 11.8. The second kappa shape index (κ2) is 6.36. The molecule has 0 radical (unpaired) electrons. The molecule has 0 N–H and O–H groups in total. The Labute approximate surface area is 133 Å². The van der Waals surface area contributed by atoms with Gasteiger partial charge in [-0.3, -0.25) is 4.40 Å². The van der Waals surface area contributed by atoms with E-state index >= 15 is 0 Å². The Morgan fingerprint density at radius 2 is 1.91 bits per heavy atom. The molecule has 0 saturated carbocycles. The van der Waals surface area contributed by atoms with Gasteiger partial charge in [0.15, 0.2) is 0 Å². The van der Waals surface area contributed by atoms with Crippen molar-refractivity contribution in [3.8, 4) is 17.0 Å². The third kappa shape index (κ3) is 2.94. The number of ether oxygens (including phenoxy) is 2. The fraction of sp³-hybridized carbons (Fsp3) is 0.111. The molecule has 23 heavy (non-hydrogen) atoms. The molecular formula is C18H16N2O3. The van der Waals surface area contributed by atoms with Gasteiger partial charge in [0.05, 0.1) is 31.8 Å². The molecule has 5 nitrogen and oxygen atoms in total. The first-order chi connectivity index (χ1) is 11.2. The summed E-state index contributed by atoms with van der Waals surface area (Å²) in [5.74, 6) is 0.295. The number of hydrogen-bond donors (Lipinski definition) is 0. The predicted molar refractivity (Wildman–Crippen MR) is 88.2 cm³/mol. The van der Waals surface area contributed by atoms with Crippen LogP contribution in [0.25, 0.3) is 23.0 Å². The minimum atomic E-state index is -0.415. The molecule has 0 bridgehead atoms. The van der Waals surface area contributed by atoms with Gasteiger partial charge in [-0.1, -0.05) is 30.3 Å². The highest BCUT2D eigenvalue weighted by Crippen LogP contribution is 2.27. The number of imidazole rings is 1. The summed E-state index contributed by atoms with van der Waals surface area (Å²) in [4.78, 5) is 16.1. The van der Waals surface area contributed by atoms with E-state index in [9.17, 15) is 4.79 Å². The van der Waals surface area contributed by atoms with Crippen molar-refractivity contribution in [1.82, 2.24) is 9.38 Å². The van der Waals surface area contributed by atoms with E-state index in [0.29, 0.717) is 5.75 Å². The number of benzene rings is 1. The van der Waals surface area contributed by atoms with E-state index in [2.05, 4.69) is 9.72 Å². The van der Waals surface area contributed by atoms with Crippen LogP contribution >= 0.6 is 0 Å². The molecule has 0 aliphatic heterocycles. The van der Waals surface area contributed by atoms with Crippen LogP contribution in [0.2, 0.25) is 0 Å². The highest BCUT2D eigenvalue weighted by atomic mass is 16.5. The molecule has 0 unspecified atom stereocenters. The third-order valence-corrected chi connectivity index (χ3v) is 3.49. The maximum Gasteiger partial charge on any atom is 0.330 e. The third-order valence-electron chi connectivity index (χ3n) is 3.49. The summed E-state index contributed by atoms with van der Waals surface area (Å²) >= 11 is 0. The molecule has 2 aromatic heterocycles. The molecule has 0 atom stereocenters. The highest BCUT2D eigenvalue weighted by molar-refractivity contribution is 5.88. The first-order valence-electron chi connectivity index (χ1n) is 7.10. The number of esters is 1. The molecule has 0 amide bonds. The first kappa shape index (κ1) is 14.8. The molecular weight excluding hydrogens is 292 g/mol. The number of hydrogen-bond acceptors (Lipinski definition) is 4. The lowest BCUT2D eigenvalue weighted by Gasteiger charge is -2.03. The van der Waals surface area contributed by atoms with Crippen molar-refractivity contribution >= 4 is 17.7 Å². The van der Waals surface area contributed by atoms with Crippen LogP contribution in [-0.4, -0.2) is 29.6 Å². The zero-order valence-corrected chi connectivity index (χ0v) is 12.9. The van der Waals surface area contributed by atoms with Crippen molar-refractivity contribution in [1.29, 1.82) is 0 Å². The number of rotatable bonds is 4. The fourth-order valence-electron chi connectivity index (χ4n) is 2.35. The van der Waals surface area contributed by atoms with Crippen molar-refractivity contribution in [3.63, 3.8) is 0 Å². The predicted octanol–water partition coefficient (Wildman–Crippen LogP) is 3.20. The number of carbonyl (C=O) groups excluding carboxylic acids is 1. The topological polar surface area (TPSA) is 52.8 Å². The summed E-state index contributed by atoms with van der Waals surface area (Å²) in [6, 6.07) is 13.5. The van der Waals surface area contributed by atoms with Gasteiger partial charge in [-0.05, 0) is 18.2 Å². The molecule has 2 heterocycles. The lowest BCUT2D eigenvalue weighted by Crippen LogP contribution is -1.95. The van der Waals surface area contributed by atoms with Crippen molar-refractivity contribution in [3.05, 3.63) is 60.4 Å². The Hall–Kier alpha value is -3.08. The van der Waals surface area contributed by atoms with Crippen molar-refractivity contribution < 1.29 is 14.3 Å². The maximum absolute atomic E-state index is 11.5. The molecule has 0 aliphatic rings. The van der Waals surface area contributed by atoms with Gasteiger partial charge in [-0.15, -0.1) is 0 Å². The minimum absolute atomic E-state index is 0.415. The van der Waals surface area contributed by atoms with Gasteiger partial charge < -0.3 is 9.47 Å². The second-order valence-corrected chi connectivity index (χ2v) is 4.87. The van der Waals surface area contributed by atoms with Crippen molar-refractivity contribution in [2.45, 2.75) is 0 Å². The monoisotopic (exact) mass is 308 g/mol. The van der Waals surface area contributed by atoms with E-state index in [1.54, 1.807) is 13.2 Å². The zero-order chi connectivity index (χ0) is 16.2.